The molecule has 0 bridgehead atoms. The first-order valence-corrected chi connectivity index (χ1v) is 7.10. The molecule has 0 unspecified atom stereocenters. The minimum atomic E-state index is -0.551. The number of hydrogen-bond acceptors (Lipinski definition) is 8. The molecule has 0 amide bonds. The highest BCUT2D eigenvalue weighted by atomic mass is 79.9. The number of aromatic nitrogens is 2. The van der Waals surface area contributed by atoms with Crippen LogP contribution in [-0.4, -0.2) is 21.9 Å². The molecular formula is C10H11BrN6O2S. The molecule has 0 atom stereocenters. The van der Waals surface area contributed by atoms with Crippen molar-refractivity contribution in [3.05, 3.63) is 37.2 Å². The molecule has 0 saturated heterocycles. The topological polar surface area (TPSA) is 110 Å². The van der Waals surface area contributed by atoms with Gasteiger partial charge in [0.25, 0.3) is 0 Å². The van der Waals surface area contributed by atoms with Crippen LogP contribution in [-0.2, 0) is 6.54 Å². The molecule has 0 aliphatic rings. The van der Waals surface area contributed by atoms with Crippen LogP contribution in [0, 0.1) is 10.1 Å². The lowest BCUT2D eigenvalue weighted by Crippen LogP contribution is -2.21. The van der Waals surface area contributed by atoms with Crippen LogP contribution in [0.1, 0.15) is 5.56 Å². The third kappa shape index (κ3) is 3.03. The summed E-state index contributed by atoms with van der Waals surface area (Å²) in [5, 5.41) is 13.1. The van der Waals surface area contributed by atoms with Gasteiger partial charge >= 0.3 is 5.69 Å². The predicted molar refractivity (Wildman–Crippen MR) is 80.6 cm³/mol. The third-order valence-electron chi connectivity index (χ3n) is 2.53. The zero-order valence-corrected chi connectivity index (χ0v) is 12.8. The van der Waals surface area contributed by atoms with E-state index in [0.29, 0.717) is 6.54 Å². The number of hydrogen-bond donors (Lipinski definition) is 2. The zero-order valence-electron chi connectivity index (χ0n) is 10.4. The van der Waals surface area contributed by atoms with Crippen LogP contribution in [0.25, 0.3) is 0 Å². The Kier molecular flexibility index (Phi) is 4.47. The second kappa shape index (κ2) is 6.11. The normalized spacial score (nSPS) is 10.3. The number of halogens is 1. The van der Waals surface area contributed by atoms with Crippen molar-refractivity contribution in [1.29, 1.82) is 0 Å². The molecule has 0 radical (unpaired) electrons. The SMILES string of the molecule is CN(Cc1csc(Br)c1)c1ncnc(NN)c1[N+](=O)[O-]. The van der Waals surface area contributed by atoms with Gasteiger partial charge in [-0.05, 0) is 32.9 Å². The summed E-state index contributed by atoms with van der Waals surface area (Å²) < 4.78 is 1.00. The number of hydrazine groups is 1. The number of nitro groups is 1. The summed E-state index contributed by atoms with van der Waals surface area (Å²) in [7, 11) is 1.72. The molecule has 3 N–H and O–H groups in total. The average Bonchev–Trinajstić information content (AvgIpc) is 2.82. The predicted octanol–water partition coefficient (Wildman–Crippen LogP) is 2.13. The van der Waals surface area contributed by atoms with E-state index in [9.17, 15) is 10.1 Å². The van der Waals surface area contributed by atoms with Gasteiger partial charge in [0.2, 0.25) is 11.6 Å². The van der Waals surface area contributed by atoms with E-state index in [-0.39, 0.29) is 17.3 Å². The second-order valence-electron chi connectivity index (χ2n) is 3.91. The van der Waals surface area contributed by atoms with Crippen LogP contribution < -0.4 is 16.2 Å². The molecule has 0 aliphatic heterocycles. The van der Waals surface area contributed by atoms with Gasteiger partial charge < -0.3 is 10.3 Å². The first kappa shape index (κ1) is 14.6. The first-order chi connectivity index (χ1) is 9.52. The number of nitrogens with zero attached hydrogens (tertiary/aromatic N) is 4. The quantitative estimate of drug-likeness (QED) is 0.478. The highest BCUT2D eigenvalue weighted by Crippen LogP contribution is 2.31. The van der Waals surface area contributed by atoms with Crippen molar-refractivity contribution < 1.29 is 4.92 Å². The van der Waals surface area contributed by atoms with E-state index in [1.54, 1.807) is 23.3 Å². The van der Waals surface area contributed by atoms with Gasteiger partial charge in [0.05, 0.1) is 8.71 Å². The van der Waals surface area contributed by atoms with Gasteiger partial charge in [-0.15, -0.1) is 11.3 Å². The number of thiophene rings is 1. The van der Waals surface area contributed by atoms with Gasteiger partial charge in [-0.3, -0.25) is 10.1 Å². The highest BCUT2D eigenvalue weighted by molar-refractivity contribution is 9.11. The maximum atomic E-state index is 11.2. The third-order valence-corrected chi connectivity index (χ3v) is 4.08. The van der Waals surface area contributed by atoms with Crippen molar-refractivity contribution in [3.63, 3.8) is 0 Å². The molecule has 0 aliphatic carbocycles. The lowest BCUT2D eigenvalue weighted by molar-refractivity contribution is -0.383. The van der Waals surface area contributed by atoms with E-state index < -0.39 is 4.92 Å². The molecule has 8 nitrogen and oxygen atoms in total. The number of anilines is 2. The van der Waals surface area contributed by atoms with Crippen LogP contribution in [0.15, 0.2) is 21.6 Å². The Morgan fingerprint density at radius 3 is 2.90 bits per heavy atom. The van der Waals surface area contributed by atoms with Gasteiger partial charge in [0.15, 0.2) is 0 Å². The fraction of sp³-hybridized carbons (Fsp3) is 0.200. The minimum absolute atomic E-state index is 0.0154. The van der Waals surface area contributed by atoms with Crippen molar-refractivity contribution in [2.24, 2.45) is 5.84 Å². The van der Waals surface area contributed by atoms with Crippen molar-refractivity contribution in [3.8, 4) is 0 Å². The minimum Gasteiger partial charge on any atom is -0.349 e. The van der Waals surface area contributed by atoms with Gasteiger partial charge in [-0.2, -0.15) is 0 Å². The molecule has 106 valence electrons. The van der Waals surface area contributed by atoms with Crippen LogP contribution in [0.5, 0.6) is 0 Å². The fourth-order valence-electron chi connectivity index (χ4n) is 1.70. The monoisotopic (exact) mass is 358 g/mol. The van der Waals surface area contributed by atoms with Crippen molar-refractivity contribution in [1.82, 2.24) is 9.97 Å². The summed E-state index contributed by atoms with van der Waals surface area (Å²) in [6.45, 7) is 0.490. The van der Waals surface area contributed by atoms with E-state index >= 15 is 0 Å². The summed E-state index contributed by atoms with van der Waals surface area (Å²) in [4.78, 5) is 20.0. The standard InChI is InChI=1S/C10H11BrN6O2S/c1-16(3-6-2-7(11)20-4-6)10-8(17(18)19)9(15-12)13-5-14-10/h2,4-5H,3,12H2,1H3,(H,13,14,15). The average molecular weight is 359 g/mol. The Hall–Kier alpha value is -1.78. The lowest BCUT2D eigenvalue weighted by atomic mass is 10.3. The van der Waals surface area contributed by atoms with E-state index in [2.05, 4.69) is 31.3 Å². The Labute approximate surface area is 126 Å². The molecule has 2 aromatic rings. The van der Waals surface area contributed by atoms with E-state index in [1.807, 2.05) is 11.4 Å². The molecule has 2 heterocycles. The maximum absolute atomic E-state index is 11.2. The number of nitrogens with one attached hydrogen (secondary N) is 1. The summed E-state index contributed by atoms with van der Waals surface area (Å²) in [5.74, 6) is 5.44. The summed E-state index contributed by atoms with van der Waals surface area (Å²) in [6, 6.07) is 1.95. The molecular weight excluding hydrogens is 348 g/mol. The van der Waals surface area contributed by atoms with Crippen LogP contribution in [0.2, 0.25) is 0 Å². The smallest absolute Gasteiger partial charge is 0.349 e. The maximum Gasteiger partial charge on any atom is 0.354 e. The Morgan fingerprint density at radius 1 is 1.60 bits per heavy atom. The Bertz CT molecular complexity index is 634. The lowest BCUT2D eigenvalue weighted by Gasteiger charge is -2.17. The summed E-state index contributed by atoms with van der Waals surface area (Å²) in [6.07, 6.45) is 1.23. The summed E-state index contributed by atoms with van der Waals surface area (Å²) in [5.41, 5.74) is 3.00. The Morgan fingerprint density at radius 2 is 2.35 bits per heavy atom. The van der Waals surface area contributed by atoms with Gasteiger partial charge in [-0.1, -0.05) is 0 Å². The molecule has 0 spiro atoms. The van der Waals surface area contributed by atoms with E-state index in [1.165, 1.54) is 6.33 Å². The largest absolute Gasteiger partial charge is 0.354 e. The van der Waals surface area contributed by atoms with Crippen LogP contribution >= 0.6 is 27.3 Å². The molecule has 0 saturated carbocycles. The van der Waals surface area contributed by atoms with Crippen molar-refractivity contribution >= 4 is 44.6 Å². The van der Waals surface area contributed by atoms with Crippen molar-refractivity contribution in [2.75, 3.05) is 17.4 Å². The molecule has 2 rings (SSSR count). The zero-order chi connectivity index (χ0) is 14.7. The van der Waals surface area contributed by atoms with E-state index in [0.717, 1.165) is 9.35 Å². The molecule has 2 aromatic heterocycles. The van der Waals surface area contributed by atoms with Gasteiger partial charge in [0, 0.05) is 13.6 Å². The van der Waals surface area contributed by atoms with E-state index in [4.69, 9.17) is 5.84 Å². The molecule has 10 heteroatoms. The molecule has 0 fully saturated rings. The highest BCUT2D eigenvalue weighted by Gasteiger charge is 2.25. The molecule has 0 aromatic carbocycles. The van der Waals surface area contributed by atoms with Gasteiger partial charge in [-0.25, -0.2) is 15.8 Å². The van der Waals surface area contributed by atoms with Crippen LogP contribution in [0.3, 0.4) is 0 Å². The number of nitrogens with two attached hydrogens (primary N) is 1. The number of rotatable bonds is 5. The second-order valence-corrected chi connectivity index (χ2v) is 6.20. The van der Waals surface area contributed by atoms with Crippen molar-refractivity contribution in [2.45, 2.75) is 6.54 Å². The first-order valence-electron chi connectivity index (χ1n) is 5.43. The van der Waals surface area contributed by atoms with Crippen LogP contribution in [0.4, 0.5) is 17.3 Å². The fourth-order valence-corrected chi connectivity index (χ4v) is 2.90. The van der Waals surface area contributed by atoms with Gasteiger partial charge in [0.1, 0.15) is 6.33 Å². The number of nitrogen functional groups attached to an aromatic ring is 1. The summed E-state index contributed by atoms with van der Waals surface area (Å²) >= 11 is 4.93. The molecule has 20 heavy (non-hydrogen) atoms. The Balaban J connectivity index is 2.34.